The molecule has 0 radical (unpaired) electrons. The Hall–Kier alpha value is -2.45. The Bertz CT molecular complexity index is 1350. The number of benzene rings is 1. The van der Waals surface area contributed by atoms with Gasteiger partial charge in [-0.25, -0.2) is 13.4 Å². The molecule has 0 spiro atoms. The lowest BCUT2D eigenvalue weighted by Crippen LogP contribution is -2.40. The molecule has 0 bridgehead atoms. The Labute approximate surface area is 231 Å². The highest BCUT2D eigenvalue weighted by Gasteiger charge is 2.47. The molecular formula is C28H32F3N3O3S2. The molecule has 1 aliphatic heterocycles. The number of rotatable bonds is 8. The maximum absolute atomic E-state index is 13.4. The van der Waals surface area contributed by atoms with Crippen molar-refractivity contribution in [3.05, 3.63) is 35.0 Å². The Morgan fingerprint density at radius 1 is 1.13 bits per heavy atom. The average molecular weight is 580 g/mol. The van der Waals surface area contributed by atoms with Crippen molar-refractivity contribution in [1.29, 1.82) is 5.26 Å². The minimum absolute atomic E-state index is 0.0740. The molecule has 0 N–H and O–H groups in total. The molecule has 2 saturated carbocycles. The zero-order valence-corrected chi connectivity index (χ0v) is 23.3. The van der Waals surface area contributed by atoms with Gasteiger partial charge in [0.1, 0.15) is 5.78 Å². The van der Waals surface area contributed by atoms with Gasteiger partial charge in [-0.1, -0.05) is 25.0 Å². The van der Waals surface area contributed by atoms with E-state index in [0.717, 1.165) is 48.2 Å². The lowest BCUT2D eigenvalue weighted by atomic mass is 9.73. The van der Waals surface area contributed by atoms with Gasteiger partial charge in [-0.2, -0.15) is 18.4 Å². The molecule has 5 rings (SSSR count). The lowest BCUT2D eigenvalue weighted by molar-refractivity contribution is -0.134. The van der Waals surface area contributed by atoms with Crippen molar-refractivity contribution >= 4 is 32.6 Å². The molecule has 1 aromatic carbocycles. The number of nitriles is 1. The molecule has 2 aliphatic carbocycles. The highest BCUT2D eigenvalue weighted by atomic mass is 32.2. The van der Waals surface area contributed by atoms with E-state index in [1.165, 1.54) is 11.3 Å². The summed E-state index contributed by atoms with van der Waals surface area (Å²) in [4.78, 5) is 20.9. The molecule has 2 atom stereocenters. The highest BCUT2D eigenvalue weighted by molar-refractivity contribution is 7.91. The predicted molar refractivity (Wildman–Crippen MR) is 144 cm³/mol. The summed E-state index contributed by atoms with van der Waals surface area (Å²) in [5, 5.41) is 9.92. The van der Waals surface area contributed by atoms with Gasteiger partial charge >= 0.3 is 6.18 Å². The summed E-state index contributed by atoms with van der Waals surface area (Å²) in [6.45, 7) is 0.844. The maximum Gasteiger partial charge on any atom is 0.389 e. The fourth-order valence-corrected chi connectivity index (χ4v) is 8.11. The monoisotopic (exact) mass is 579 g/mol. The minimum atomic E-state index is -4.28. The van der Waals surface area contributed by atoms with Crippen molar-refractivity contribution in [2.45, 2.75) is 69.9 Å². The molecule has 2 aromatic rings. The Morgan fingerprint density at radius 3 is 2.41 bits per heavy atom. The van der Waals surface area contributed by atoms with Crippen molar-refractivity contribution < 1.29 is 26.4 Å². The third kappa shape index (κ3) is 6.65. The van der Waals surface area contributed by atoms with E-state index >= 15 is 0 Å². The number of Topliss-reactive ketones (excluding diaryl/α,β-unsaturated/α-hetero) is 1. The van der Waals surface area contributed by atoms with Gasteiger partial charge in [-0.15, -0.1) is 11.3 Å². The number of halogens is 3. The Balaban J connectivity index is 1.43. The first kappa shape index (κ1) is 28.1. The fraction of sp³-hybridized carbons (Fsp3) is 0.607. The second kappa shape index (κ2) is 10.8. The fourth-order valence-electron chi connectivity index (χ4n) is 5.77. The number of sulfone groups is 1. The molecule has 210 valence electrons. The van der Waals surface area contributed by atoms with Crippen LogP contribution in [0.15, 0.2) is 24.3 Å². The average Bonchev–Trinajstić information content (AvgIpc) is 3.55. The van der Waals surface area contributed by atoms with Crippen LogP contribution in [-0.2, 0) is 21.1 Å². The molecule has 1 aromatic heterocycles. The summed E-state index contributed by atoms with van der Waals surface area (Å²) in [5.41, 5.74) is 1.90. The second-order valence-corrected chi connectivity index (χ2v) is 14.5. The Kier molecular flexibility index (Phi) is 7.81. The van der Waals surface area contributed by atoms with E-state index in [9.17, 15) is 31.6 Å². The zero-order chi connectivity index (χ0) is 27.8. The topological polar surface area (TPSA) is 91.1 Å². The summed E-state index contributed by atoms with van der Waals surface area (Å²) in [5.74, 6) is -0.167. The third-order valence-corrected chi connectivity index (χ3v) is 11.1. The lowest BCUT2D eigenvalue weighted by Gasteiger charge is -2.31. The van der Waals surface area contributed by atoms with E-state index in [-0.39, 0.29) is 42.0 Å². The molecule has 0 amide bonds. The van der Waals surface area contributed by atoms with Gasteiger partial charge in [0.2, 0.25) is 0 Å². The minimum Gasteiger partial charge on any atom is -0.369 e. The van der Waals surface area contributed by atoms with Crippen LogP contribution in [0.3, 0.4) is 0 Å². The van der Waals surface area contributed by atoms with E-state index in [1.54, 1.807) is 0 Å². The third-order valence-electron chi connectivity index (χ3n) is 8.29. The SMILES string of the molecule is N#CC1(CC(=O)[C@@H]2CCCC[C@H]2c2nc(CCC(F)(F)F)sc2-c2ccc(N3CCS(=O)(=O)CC3)cc2)CC1. The van der Waals surface area contributed by atoms with Crippen LogP contribution in [0, 0.1) is 22.7 Å². The van der Waals surface area contributed by atoms with Crippen molar-refractivity contribution in [2.75, 3.05) is 29.5 Å². The molecule has 0 unspecified atom stereocenters. The number of alkyl halides is 3. The first-order valence-electron chi connectivity index (χ1n) is 13.5. The predicted octanol–water partition coefficient (Wildman–Crippen LogP) is 6.08. The van der Waals surface area contributed by atoms with Crippen LogP contribution >= 0.6 is 11.3 Å². The number of aromatic nitrogens is 1. The normalized spacial score (nSPS) is 24.2. The van der Waals surface area contributed by atoms with Gasteiger partial charge in [-0.05, 0) is 43.4 Å². The second-order valence-electron chi connectivity index (χ2n) is 11.2. The van der Waals surface area contributed by atoms with Crippen LogP contribution in [0.1, 0.15) is 68.0 Å². The van der Waals surface area contributed by atoms with Crippen LogP contribution < -0.4 is 4.90 Å². The number of anilines is 1. The van der Waals surface area contributed by atoms with Crippen LogP contribution in [-0.4, -0.2) is 50.0 Å². The first-order valence-corrected chi connectivity index (χ1v) is 16.2. The summed E-state index contributed by atoms with van der Waals surface area (Å²) in [6, 6.07) is 9.97. The van der Waals surface area contributed by atoms with E-state index in [4.69, 9.17) is 4.98 Å². The number of aryl methyl sites for hydroxylation is 1. The maximum atomic E-state index is 13.4. The van der Waals surface area contributed by atoms with Crippen molar-refractivity contribution in [3.63, 3.8) is 0 Å². The zero-order valence-electron chi connectivity index (χ0n) is 21.7. The van der Waals surface area contributed by atoms with Gasteiger partial charge in [0.15, 0.2) is 9.84 Å². The summed E-state index contributed by atoms with van der Waals surface area (Å²) >= 11 is 1.26. The van der Waals surface area contributed by atoms with E-state index in [0.29, 0.717) is 30.2 Å². The van der Waals surface area contributed by atoms with Crippen LogP contribution in [0.2, 0.25) is 0 Å². The van der Waals surface area contributed by atoms with Gasteiger partial charge < -0.3 is 4.90 Å². The summed E-state index contributed by atoms with van der Waals surface area (Å²) in [6.07, 6.45) is -0.436. The van der Waals surface area contributed by atoms with Gasteiger partial charge in [-0.3, -0.25) is 4.79 Å². The molecular weight excluding hydrogens is 547 g/mol. The number of carbonyl (C=O) groups excluding carboxylic acids is 1. The highest BCUT2D eigenvalue weighted by Crippen LogP contribution is 2.51. The number of thiazole rings is 1. The van der Waals surface area contributed by atoms with E-state index < -0.39 is 27.8 Å². The molecule has 3 aliphatic rings. The molecule has 39 heavy (non-hydrogen) atoms. The molecule has 1 saturated heterocycles. The quantitative estimate of drug-likeness (QED) is 0.377. The number of hydrogen-bond acceptors (Lipinski definition) is 7. The number of nitrogens with zero attached hydrogens (tertiary/aromatic N) is 3. The smallest absolute Gasteiger partial charge is 0.369 e. The molecule has 3 fully saturated rings. The number of carbonyl (C=O) groups is 1. The van der Waals surface area contributed by atoms with Crippen molar-refractivity contribution in [1.82, 2.24) is 4.98 Å². The van der Waals surface area contributed by atoms with Gasteiger partial charge in [0, 0.05) is 49.9 Å². The Morgan fingerprint density at radius 2 is 1.79 bits per heavy atom. The van der Waals surface area contributed by atoms with Crippen LogP contribution in [0.25, 0.3) is 10.4 Å². The van der Waals surface area contributed by atoms with Gasteiger partial charge in [0.25, 0.3) is 0 Å². The first-order chi connectivity index (χ1) is 18.5. The largest absolute Gasteiger partial charge is 0.389 e. The van der Waals surface area contributed by atoms with Crippen molar-refractivity contribution in [2.24, 2.45) is 11.3 Å². The van der Waals surface area contributed by atoms with Gasteiger partial charge in [0.05, 0.1) is 38.6 Å². The van der Waals surface area contributed by atoms with Crippen molar-refractivity contribution in [3.8, 4) is 16.5 Å². The van der Waals surface area contributed by atoms with Crippen LogP contribution in [0.5, 0.6) is 0 Å². The van der Waals surface area contributed by atoms with E-state index in [1.807, 2.05) is 29.2 Å². The summed E-state index contributed by atoms with van der Waals surface area (Å²) < 4.78 is 62.7. The standard InChI is InChI=1S/C28H32F3N3O3S2/c29-28(30,31)10-9-24-33-25(22-4-2-1-3-21(22)23(35)17-27(18-32)11-12-27)26(38-24)19-5-7-20(8-6-19)34-13-15-39(36,37)16-14-34/h5-8,21-22H,1-4,9-17H2/t21-,22-/m1/s1. The summed E-state index contributed by atoms with van der Waals surface area (Å²) in [7, 11) is -3.00. The number of hydrogen-bond donors (Lipinski definition) is 0. The molecule has 6 nitrogen and oxygen atoms in total. The molecule has 11 heteroatoms. The molecule has 2 heterocycles. The van der Waals surface area contributed by atoms with E-state index in [2.05, 4.69) is 6.07 Å². The van der Waals surface area contributed by atoms with Crippen LogP contribution in [0.4, 0.5) is 18.9 Å². The number of ketones is 1.